The number of hydrogen-bond donors (Lipinski definition) is 0. The van der Waals surface area contributed by atoms with Crippen LogP contribution in [0.15, 0.2) is 48.6 Å². The van der Waals surface area contributed by atoms with Gasteiger partial charge in [-0.2, -0.15) is 0 Å². The van der Waals surface area contributed by atoms with E-state index < -0.39 is 6.10 Å². The van der Waals surface area contributed by atoms with Crippen molar-refractivity contribution >= 4 is 17.9 Å². The minimum atomic E-state index is -0.806. The first kappa shape index (κ1) is 63.4. The van der Waals surface area contributed by atoms with E-state index >= 15 is 0 Å². The zero-order chi connectivity index (χ0) is 47.9. The lowest BCUT2D eigenvalue weighted by atomic mass is 10.0. The summed E-state index contributed by atoms with van der Waals surface area (Å²) in [7, 11) is 0. The Hall–Kier alpha value is -2.63. The Labute approximate surface area is 409 Å². The van der Waals surface area contributed by atoms with Crippen LogP contribution in [-0.2, 0) is 28.6 Å². The van der Waals surface area contributed by atoms with Crippen LogP contribution in [0.2, 0.25) is 0 Å². The highest BCUT2D eigenvalue weighted by Crippen LogP contribution is 2.17. The summed E-state index contributed by atoms with van der Waals surface area (Å²) in [6.45, 7) is 6.49. The molecule has 0 rings (SSSR count). The molecule has 0 amide bonds. The molecule has 0 fully saturated rings. The van der Waals surface area contributed by atoms with Crippen molar-refractivity contribution in [3.63, 3.8) is 0 Å². The molecule has 66 heavy (non-hydrogen) atoms. The van der Waals surface area contributed by atoms with Crippen LogP contribution < -0.4 is 0 Å². The smallest absolute Gasteiger partial charge is 0.306 e. The van der Waals surface area contributed by atoms with Gasteiger partial charge < -0.3 is 14.2 Å². The fourth-order valence-corrected chi connectivity index (χ4v) is 8.34. The van der Waals surface area contributed by atoms with Crippen LogP contribution in [0.1, 0.15) is 297 Å². The molecular weight excluding hydrogens is 817 g/mol. The van der Waals surface area contributed by atoms with E-state index in [9.17, 15) is 14.4 Å². The lowest BCUT2D eigenvalue weighted by Crippen LogP contribution is -2.30. The molecule has 0 heterocycles. The second-order valence-electron chi connectivity index (χ2n) is 19.2. The monoisotopic (exact) mass is 925 g/mol. The average molecular weight is 926 g/mol. The molecule has 0 saturated carbocycles. The topological polar surface area (TPSA) is 78.9 Å². The summed E-state index contributed by atoms with van der Waals surface area (Å²) >= 11 is 0. The largest absolute Gasteiger partial charge is 0.462 e. The third-order valence-electron chi connectivity index (χ3n) is 12.6. The van der Waals surface area contributed by atoms with Crippen LogP contribution >= 0.6 is 0 Å². The molecular formula is C60H108O6. The summed E-state index contributed by atoms with van der Waals surface area (Å²) < 4.78 is 16.7. The van der Waals surface area contributed by atoms with Gasteiger partial charge in [-0.25, -0.2) is 0 Å². The van der Waals surface area contributed by atoms with Gasteiger partial charge in [0.15, 0.2) is 6.10 Å². The van der Waals surface area contributed by atoms with Gasteiger partial charge in [0.1, 0.15) is 13.2 Å². The summed E-state index contributed by atoms with van der Waals surface area (Å²) in [6.07, 6.45) is 67.1. The maximum Gasteiger partial charge on any atom is 0.306 e. The fourth-order valence-electron chi connectivity index (χ4n) is 8.34. The zero-order valence-corrected chi connectivity index (χ0v) is 44.0. The Kier molecular flexibility index (Phi) is 52.8. The Morgan fingerprint density at radius 2 is 0.591 bits per heavy atom. The predicted molar refractivity (Wildman–Crippen MR) is 284 cm³/mol. The fraction of sp³-hybridized carbons (Fsp3) is 0.817. The highest BCUT2D eigenvalue weighted by molar-refractivity contribution is 5.71. The van der Waals surface area contributed by atoms with Gasteiger partial charge in [0.25, 0.3) is 0 Å². The summed E-state index contributed by atoms with van der Waals surface area (Å²) in [5.41, 5.74) is 0. The van der Waals surface area contributed by atoms with E-state index in [1.807, 2.05) is 6.08 Å². The van der Waals surface area contributed by atoms with Crippen LogP contribution in [0, 0.1) is 0 Å². The molecule has 0 aliphatic heterocycles. The molecule has 0 aromatic carbocycles. The van der Waals surface area contributed by atoms with E-state index in [-0.39, 0.29) is 37.5 Å². The van der Waals surface area contributed by atoms with Crippen LogP contribution in [0.5, 0.6) is 0 Å². The minimum Gasteiger partial charge on any atom is -0.462 e. The van der Waals surface area contributed by atoms with Crippen molar-refractivity contribution in [1.82, 2.24) is 0 Å². The van der Waals surface area contributed by atoms with Crippen molar-refractivity contribution in [2.24, 2.45) is 0 Å². The van der Waals surface area contributed by atoms with Gasteiger partial charge in [-0.1, -0.05) is 281 Å². The number of carbonyl (C=O) groups is 3. The summed E-state index contributed by atoms with van der Waals surface area (Å²) in [5.74, 6) is -0.967. The van der Waals surface area contributed by atoms with E-state index in [0.717, 1.165) is 64.2 Å². The van der Waals surface area contributed by atoms with Gasteiger partial charge in [-0.15, -0.1) is 0 Å². The standard InChI is InChI=1S/C60H108O6/c1-4-7-10-13-16-19-22-24-25-26-27-28-29-30-31-32-33-34-36-38-41-44-47-50-53-59(62)65-56-57(55-64-58(61)52-49-46-43-40-37-21-18-15-12-9-6-3)66-60(63)54-51-48-45-42-39-35-23-20-17-14-11-8-5-2/h8,11,17,20,35,39,45,48,57H,4-7,9-10,12-16,18-19,21-34,36-38,40-44,46-47,49-56H2,1-3H3/b11-8-,20-17-,39-35-,48-45-. The zero-order valence-electron chi connectivity index (χ0n) is 44.0. The number of ether oxygens (including phenoxy) is 3. The van der Waals surface area contributed by atoms with Gasteiger partial charge >= 0.3 is 17.9 Å². The molecule has 1 unspecified atom stereocenters. The highest BCUT2D eigenvalue weighted by atomic mass is 16.6. The maximum atomic E-state index is 12.8. The molecule has 0 radical (unpaired) electrons. The Morgan fingerprint density at radius 3 is 0.894 bits per heavy atom. The molecule has 0 aromatic rings. The lowest BCUT2D eigenvalue weighted by molar-refractivity contribution is -0.166. The second-order valence-corrected chi connectivity index (χ2v) is 19.2. The predicted octanol–water partition coefficient (Wildman–Crippen LogP) is 19.0. The van der Waals surface area contributed by atoms with Crippen LogP contribution in [0.25, 0.3) is 0 Å². The average Bonchev–Trinajstić information content (AvgIpc) is 3.31. The molecule has 0 N–H and O–H groups in total. The van der Waals surface area contributed by atoms with E-state index in [2.05, 4.69) is 63.3 Å². The van der Waals surface area contributed by atoms with E-state index in [4.69, 9.17) is 14.2 Å². The molecule has 6 nitrogen and oxygen atoms in total. The number of esters is 3. The van der Waals surface area contributed by atoms with Gasteiger partial charge in [0.05, 0.1) is 0 Å². The van der Waals surface area contributed by atoms with Crippen molar-refractivity contribution in [2.45, 2.75) is 303 Å². The van der Waals surface area contributed by atoms with Crippen LogP contribution in [-0.4, -0.2) is 37.2 Å². The molecule has 0 aliphatic rings. The maximum absolute atomic E-state index is 12.8. The minimum absolute atomic E-state index is 0.0975. The molecule has 0 aliphatic carbocycles. The number of unbranched alkanes of at least 4 members (excludes halogenated alkanes) is 33. The van der Waals surface area contributed by atoms with Crippen LogP contribution in [0.3, 0.4) is 0 Å². The molecule has 1 atom stereocenters. The number of rotatable bonds is 52. The Morgan fingerprint density at radius 1 is 0.318 bits per heavy atom. The number of allylic oxidation sites excluding steroid dienone is 8. The lowest BCUT2D eigenvalue weighted by Gasteiger charge is -2.18. The van der Waals surface area contributed by atoms with Crippen molar-refractivity contribution in [3.05, 3.63) is 48.6 Å². The van der Waals surface area contributed by atoms with Gasteiger partial charge in [-0.05, 0) is 44.9 Å². The second kappa shape index (κ2) is 55.0. The van der Waals surface area contributed by atoms with Gasteiger partial charge in [0.2, 0.25) is 0 Å². The number of carbonyl (C=O) groups excluding carboxylic acids is 3. The van der Waals surface area contributed by atoms with Crippen molar-refractivity contribution < 1.29 is 28.6 Å². The highest BCUT2D eigenvalue weighted by Gasteiger charge is 2.19. The molecule has 0 spiro atoms. The first-order chi connectivity index (χ1) is 32.5. The first-order valence-corrected chi connectivity index (χ1v) is 28.6. The van der Waals surface area contributed by atoms with Crippen molar-refractivity contribution in [3.8, 4) is 0 Å². The summed E-state index contributed by atoms with van der Waals surface area (Å²) in [6, 6.07) is 0. The van der Waals surface area contributed by atoms with Gasteiger partial charge in [0, 0.05) is 19.3 Å². The van der Waals surface area contributed by atoms with Gasteiger partial charge in [-0.3, -0.25) is 14.4 Å². The molecule has 0 saturated heterocycles. The third-order valence-corrected chi connectivity index (χ3v) is 12.6. The van der Waals surface area contributed by atoms with E-state index in [1.165, 1.54) is 186 Å². The third kappa shape index (κ3) is 52.3. The first-order valence-electron chi connectivity index (χ1n) is 28.6. The normalized spacial score (nSPS) is 12.3. The molecule has 384 valence electrons. The number of hydrogen-bond acceptors (Lipinski definition) is 6. The summed E-state index contributed by atoms with van der Waals surface area (Å²) in [4.78, 5) is 38.0. The Bertz CT molecular complexity index is 1150. The van der Waals surface area contributed by atoms with Crippen molar-refractivity contribution in [1.29, 1.82) is 0 Å². The van der Waals surface area contributed by atoms with E-state index in [1.54, 1.807) is 0 Å². The van der Waals surface area contributed by atoms with Crippen molar-refractivity contribution in [2.75, 3.05) is 13.2 Å². The summed E-state index contributed by atoms with van der Waals surface area (Å²) in [5, 5.41) is 0. The van der Waals surface area contributed by atoms with Crippen LogP contribution in [0.4, 0.5) is 0 Å². The molecule has 0 aromatic heterocycles. The molecule has 6 heteroatoms. The quantitative estimate of drug-likeness (QED) is 0.0262. The SMILES string of the molecule is CC/C=C\C/C=C\C/C=C\C/C=C\CCC(=O)OC(COC(=O)CCCCCCCCCCCCC)COC(=O)CCCCCCCCCCCCCCCCCCCCCCCCCC. The molecule has 0 bridgehead atoms. The van der Waals surface area contributed by atoms with E-state index in [0.29, 0.717) is 19.3 Å². The Balaban J connectivity index is 4.23.